The van der Waals surface area contributed by atoms with Gasteiger partial charge in [0.2, 0.25) is 0 Å². The normalized spacial score (nSPS) is 19.4. The summed E-state index contributed by atoms with van der Waals surface area (Å²) in [5, 5.41) is 0. The maximum Gasteiger partial charge on any atom is 0.167 e. The van der Waals surface area contributed by atoms with Gasteiger partial charge in [-0.3, -0.25) is 4.79 Å². The number of hydrogen-bond acceptors (Lipinski definition) is 2. The molecule has 0 amide bonds. The Morgan fingerprint density at radius 2 is 1.48 bits per heavy atom. The molecule has 2 heteroatoms. The molecule has 0 saturated carbocycles. The number of Topliss-reactive ketones (excluding diaryl/α,β-unsaturated/α-hetero) is 1. The number of carbonyl (C=O) groups is 1. The van der Waals surface area contributed by atoms with Crippen LogP contribution in [0.1, 0.15) is 33.0 Å². The number of rotatable bonds is 4. The van der Waals surface area contributed by atoms with Crippen molar-refractivity contribution in [3.05, 3.63) is 113 Å². The van der Waals surface area contributed by atoms with Gasteiger partial charge in [-0.15, -0.1) is 11.8 Å². The average Bonchev–Trinajstić information content (AvgIpc) is 2.75. The van der Waals surface area contributed by atoms with E-state index in [-0.39, 0.29) is 17.6 Å². The molecule has 0 aliphatic carbocycles. The predicted molar refractivity (Wildman–Crippen MR) is 115 cm³/mol. The van der Waals surface area contributed by atoms with E-state index >= 15 is 0 Å². The fourth-order valence-corrected chi connectivity index (χ4v) is 4.83. The lowest BCUT2D eigenvalue weighted by atomic mass is 9.81. The van der Waals surface area contributed by atoms with Gasteiger partial charge in [-0.25, -0.2) is 0 Å². The van der Waals surface area contributed by atoms with Gasteiger partial charge in [-0.1, -0.05) is 96.6 Å². The monoisotopic (exact) mass is 370 g/mol. The van der Waals surface area contributed by atoms with Crippen LogP contribution in [0.15, 0.2) is 91.0 Å². The van der Waals surface area contributed by atoms with E-state index in [9.17, 15) is 4.79 Å². The topological polar surface area (TPSA) is 17.1 Å². The second-order valence-electron chi connectivity index (χ2n) is 6.98. The summed E-state index contributed by atoms with van der Waals surface area (Å²) >= 11 is 1.79. The average molecular weight is 371 g/mol. The van der Waals surface area contributed by atoms with Crippen LogP contribution >= 0.6 is 11.8 Å². The Hall–Kier alpha value is -2.58. The van der Waals surface area contributed by atoms with E-state index in [0.29, 0.717) is 0 Å². The van der Waals surface area contributed by atoms with Crippen LogP contribution in [0, 0.1) is 12.8 Å². The molecule has 3 aromatic carbocycles. The number of carbonyl (C=O) groups excluding carboxylic acids is 1. The second kappa shape index (κ2) is 7.98. The van der Waals surface area contributed by atoms with E-state index in [1.807, 2.05) is 36.4 Å². The first kappa shape index (κ1) is 17.8. The van der Waals surface area contributed by atoms with E-state index < -0.39 is 0 Å². The van der Waals surface area contributed by atoms with Crippen molar-refractivity contribution in [3.63, 3.8) is 0 Å². The van der Waals surface area contributed by atoms with Crippen molar-refractivity contribution in [1.82, 2.24) is 0 Å². The van der Waals surface area contributed by atoms with Crippen molar-refractivity contribution in [1.29, 1.82) is 0 Å². The highest BCUT2D eigenvalue weighted by atomic mass is 32.2. The summed E-state index contributed by atoms with van der Waals surface area (Å²) in [7, 11) is 0. The van der Waals surface area contributed by atoms with Crippen LogP contribution in [0.3, 0.4) is 0 Å². The molecule has 2 atom stereocenters. The van der Waals surface area contributed by atoms with Crippen LogP contribution in [0.4, 0.5) is 0 Å². The molecule has 0 fully saturated rings. The lowest BCUT2D eigenvalue weighted by Gasteiger charge is -2.29. The number of aryl methyl sites for hydroxylation is 1. The first-order valence-corrected chi connectivity index (χ1v) is 10.3. The third kappa shape index (κ3) is 3.91. The number of allylic oxidation sites excluding steroid dienone is 1. The molecule has 1 nitrogen and oxygen atoms in total. The molecule has 0 radical (unpaired) electrons. The zero-order valence-corrected chi connectivity index (χ0v) is 16.2. The second-order valence-corrected chi connectivity index (χ2v) is 8.04. The summed E-state index contributed by atoms with van der Waals surface area (Å²) in [5.41, 5.74) is 4.50. The molecule has 0 aromatic heterocycles. The Balaban J connectivity index is 1.72. The van der Waals surface area contributed by atoms with Crippen molar-refractivity contribution in [2.75, 3.05) is 5.75 Å². The molecule has 1 aliphatic heterocycles. The standard InChI is InChI=1S/C25H22OS/c1-18-12-14-20(15-13-18)24-16-22(19-8-4-2-5-9-19)23(17-27-24)25(26)21-10-6-3-7-11-21/h2-16,22-23H,17H2,1H3. The summed E-state index contributed by atoms with van der Waals surface area (Å²) in [6.45, 7) is 2.10. The molecule has 0 saturated heterocycles. The van der Waals surface area contributed by atoms with E-state index in [1.54, 1.807) is 11.8 Å². The van der Waals surface area contributed by atoms with Gasteiger partial charge >= 0.3 is 0 Å². The van der Waals surface area contributed by atoms with Crippen molar-refractivity contribution in [2.24, 2.45) is 5.92 Å². The summed E-state index contributed by atoms with van der Waals surface area (Å²) < 4.78 is 0. The zero-order chi connectivity index (χ0) is 18.6. The molecule has 0 spiro atoms. The van der Waals surface area contributed by atoms with Gasteiger partial charge < -0.3 is 0 Å². The maximum atomic E-state index is 13.2. The van der Waals surface area contributed by atoms with Crippen LogP contribution in [0.25, 0.3) is 4.91 Å². The Morgan fingerprint density at radius 3 is 2.15 bits per heavy atom. The highest BCUT2D eigenvalue weighted by Crippen LogP contribution is 2.43. The summed E-state index contributed by atoms with van der Waals surface area (Å²) in [6, 6.07) is 28.7. The first-order chi connectivity index (χ1) is 13.2. The van der Waals surface area contributed by atoms with Gasteiger partial charge in [0, 0.05) is 28.1 Å². The molecule has 134 valence electrons. The summed E-state index contributed by atoms with van der Waals surface area (Å²) in [4.78, 5) is 14.5. The van der Waals surface area contributed by atoms with Gasteiger partial charge in [0.15, 0.2) is 5.78 Å². The SMILES string of the molecule is Cc1ccc(C2=CC(c3ccccc3)C(C(=O)c3ccccc3)CS2)cc1. The number of hydrogen-bond donors (Lipinski definition) is 0. The van der Waals surface area contributed by atoms with Crippen LogP contribution in [0.2, 0.25) is 0 Å². The molecular formula is C25H22OS. The molecule has 0 bridgehead atoms. The van der Waals surface area contributed by atoms with Gasteiger partial charge in [0.1, 0.15) is 0 Å². The van der Waals surface area contributed by atoms with Gasteiger partial charge in [0.25, 0.3) is 0 Å². The highest BCUT2D eigenvalue weighted by molar-refractivity contribution is 8.08. The highest BCUT2D eigenvalue weighted by Gasteiger charge is 2.32. The molecule has 27 heavy (non-hydrogen) atoms. The molecule has 1 aliphatic rings. The van der Waals surface area contributed by atoms with E-state index in [0.717, 1.165) is 11.3 Å². The van der Waals surface area contributed by atoms with Gasteiger partial charge in [-0.05, 0) is 18.1 Å². The Bertz CT molecular complexity index is 943. The maximum absolute atomic E-state index is 13.2. The van der Waals surface area contributed by atoms with Gasteiger partial charge in [-0.2, -0.15) is 0 Å². The zero-order valence-electron chi connectivity index (χ0n) is 15.3. The van der Waals surface area contributed by atoms with Crippen molar-refractivity contribution >= 4 is 22.5 Å². The lowest BCUT2D eigenvalue weighted by Crippen LogP contribution is -2.26. The van der Waals surface area contributed by atoms with Crippen molar-refractivity contribution < 1.29 is 4.79 Å². The van der Waals surface area contributed by atoms with E-state index in [2.05, 4.69) is 61.5 Å². The summed E-state index contributed by atoms with van der Waals surface area (Å²) in [5.74, 6) is 1.08. The van der Waals surface area contributed by atoms with Crippen LogP contribution < -0.4 is 0 Å². The molecule has 2 unspecified atom stereocenters. The fourth-order valence-electron chi connectivity index (χ4n) is 3.57. The Kier molecular flexibility index (Phi) is 5.26. The summed E-state index contributed by atoms with van der Waals surface area (Å²) in [6.07, 6.45) is 2.29. The molecule has 0 N–H and O–H groups in total. The minimum absolute atomic E-state index is 0.0472. The largest absolute Gasteiger partial charge is 0.294 e. The van der Waals surface area contributed by atoms with Crippen LogP contribution in [-0.2, 0) is 0 Å². The van der Waals surface area contributed by atoms with E-state index in [4.69, 9.17) is 0 Å². The number of ketones is 1. The third-order valence-corrected chi connectivity index (χ3v) is 6.31. The predicted octanol–water partition coefficient (Wildman–Crippen LogP) is 6.37. The first-order valence-electron chi connectivity index (χ1n) is 9.28. The molecule has 1 heterocycles. The Morgan fingerprint density at radius 1 is 0.852 bits per heavy atom. The minimum Gasteiger partial charge on any atom is -0.294 e. The number of thioether (sulfide) groups is 1. The lowest BCUT2D eigenvalue weighted by molar-refractivity contribution is 0.0923. The van der Waals surface area contributed by atoms with Crippen LogP contribution in [-0.4, -0.2) is 11.5 Å². The van der Waals surface area contributed by atoms with Gasteiger partial charge in [0.05, 0.1) is 0 Å². The molecule has 4 rings (SSSR count). The minimum atomic E-state index is -0.0472. The molecular weight excluding hydrogens is 348 g/mol. The quantitative estimate of drug-likeness (QED) is 0.497. The van der Waals surface area contributed by atoms with Crippen molar-refractivity contribution in [3.8, 4) is 0 Å². The third-order valence-electron chi connectivity index (χ3n) is 5.10. The number of benzene rings is 3. The van der Waals surface area contributed by atoms with Crippen molar-refractivity contribution in [2.45, 2.75) is 12.8 Å². The van der Waals surface area contributed by atoms with Crippen LogP contribution in [0.5, 0.6) is 0 Å². The Labute approximate surface area is 165 Å². The van der Waals surface area contributed by atoms with E-state index in [1.165, 1.54) is 21.6 Å². The fraction of sp³-hybridized carbons (Fsp3) is 0.160. The smallest absolute Gasteiger partial charge is 0.167 e. The molecule has 3 aromatic rings.